The number of allylic oxidation sites excluding steroid dienone is 11. The number of aliphatic hydroxyl groups excluding tert-OH is 1. The van der Waals surface area contributed by atoms with Gasteiger partial charge in [0.25, 0.3) is 0 Å². The molecule has 0 bridgehead atoms. The molecule has 0 amide bonds. The first-order valence-electron chi connectivity index (χ1n) is 9.12. The van der Waals surface area contributed by atoms with E-state index >= 15 is 0 Å². The Hall–Kier alpha value is -2.29. The first kappa shape index (κ1) is 22.7. The van der Waals surface area contributed by atoms with Crippen molar-refractivity contribution in [2.75, 3.05) is 0 Å². The Morgan fingerprint density at radius 3 is 1.72 bits per heavy atom. The van der Waals surface area contributed by atoms with Gasteiger partial charge in [0.2, 0.25) is 0 Å². The van der Waals surface area contributed by atoms with Crippen LogP contribution in [0.2, 0.25) is 0 Å². The summed E-state index contributed by atoms with van der Waals surface area (Å²) in [5.74, 6) is -0.524. The number of hydrogen-bond acceptors (Lipinski definition) is 2. The number of aliphatic hydroxyl groups is 1. The molecule has 0 saturated carbocycles. The highest BCUT2D eigenvalue weighted by molar-refractivity contribution is 5.80. The fourth-order valence-corrected chi connectivity index (χ4v) is 2.10. The first-order valence-corrected chi connectivity index (χ1v) is 9.12. The van der Waals surface area contributed by atoms with Crippen LogP contribution in [-0.4, -0.2) is 16.2 Å². The largest absolute Gasteiger partial charge is 0.512 e. The van der Waals surface area contributed by atoms with Gasteiger partial charge in [-0.05, 0) is 12.5 Å². The van der Waals surface area contributed by atoms with Crippen molar-refractivity contribution in [1.82, 2.24) is 0 Å². The van der Waals surface area contributed by atoms with E-state index in [0.717, 1.165) is 18.9 Å². The number of hydrogen-bond donors (Lipinski definition) is 2. The normalized spacial score (nSPS) is 13.4. The second kappa shape index (κ2) is 18.1. The fourth-order valence-electron chi connectivity index (χ4n) is 2.10. The van der Waals surface area contributed by atoms with Crippen LogP contribution in [0.25, 0.3) is 0 Å². The summed E-state index contributed by atoms with van der Waals surface area (Å²) in [5.41, 5.74) is 0. The van der Waals surface area contributed by atoms with Gasteiger partial charge in [0.1, 0.15) is 0 Å². The van der Waals surface area contributed by atoms with Gasteiger partial charge in [-0.25, -0.2) is 4.79 Å². The third-order valence-corrected chi connectivity index (χ3v) is 3.45. The molecule has 0 aromatic heterocycles. The molecule has 0 spiro atoms. The van der Waals surface area contributed by atoms with Gasteiger partial charge in [-0.15, -0.1) is 0 Å². The van der Waals surface area contributed by atoms with E-state index in [1.165, 1.54) is 44.6 Å². The number of carboxylic acids is 1. The number of carbonyl (C=O) groups is 1. The molecule has 0 fully saturated rings. The molecular formula is C22H32O3. The lowest BCUT2D eigenvalue weighted by Crippen LogP contribution is -1.84. The van der Waals surface area contributed by atoms with Gasteiger partial charge in [-0.1, -0.05) is 100 Å². The number of aliphatic carboxylic acids is 1. The molecule has 3 heteroatoms. The van der Waals surface area contributed by atoms with Crippen LogP contribution < -0.4 is 0 Å². The summed E-state index contributed by atoms with van der Waals surface area (Å²) in [7, 11) is 0. The van der Waals surface area contributed by atoms with Gasteiger partial charge >= 0.3 is 5.97 Å². The summed E-state index contributed by atoms with van der Waals surface area (Å²) in [6.45, 7) is 2.22. The fraction of sp³-hybridized carbons (Fsp3) is 0.409. The number of unbranched alkanes of at least 4 members (excludes halogenated alkanes) is 6. The van der Waals surface area contributed by atoms with Crippen LogP contribution in [0, 0.1) is 0 Å². The molecule has 0 unspecified atom stereocenters. The Morgan fingerprint density at radius 2 is 1.16 bits per heavy atom. The molecule has 2 N–H and O–H groups in total. The molecule has 0 rings (SSSR count). The molecule has 0 saturated heterocycles. The first-order chi connectivity index (χ1) is 12.2. The zero-order chi connectivity index (χ0) is 18.6. The van der Waals surface area contributed by atoms with Crippen LogP contribution in [0.3, 0.4) is 0 Å². The SMILES string of the molecule is CCCCCCCCC/C(O)=C/C=C/C=C/C=C/C=C/C=C/C(=O)O. The standard InChI is InChI=1S/C22H32O3/c1-2-3-4-5-9-12-15-18-21(23)19-16-13-10-7-6-8-11-14-17-20-22(24)25/h6-8,10-11,13-14,16-17,19-20,23H,2-5,9,12,15,18H2,1H3,(H,24,25)/b8-6+,10-7+,14-11+,16-13+,20-17+,21-19-. The monoisotopic (exact) mass is 344 g/mol. The molecule has 0 aliphatic heterocycles. The lowest BCUT2D eigenvalue weighted by molar-refractivity contribution is -0.131. The highest BCUT2D eigenvalue weighted by Crippen LogP contribution is 2.11. The third kappa shape index (κ3) is 19.7. The Bertz CT molecular complexity index is 505. The van der Waals surface area contributed by atoms with E-state index in [-0.39, 0.29) is 0 Å². The quantitative estimate of drug-likeness (QED) is 0.165. The molecule has 0 radical (unpaired) electrons. The topological polar surface area (TPSA) is 57.5 Å². The summed E-state index contributed by atoms with van der Waals surface area (Å²) in [6.07, 6.45) is 28.2. The minimum Gasteiger partial charge on any atom is -0.512 e. The maximum Gasteiger partial charge on any atom is 0.328 e. The molecule has 0 atom stereocenters. The van der Waals surface area contributed by atoms with E-state index in [1.54, 1.807) is 18.2 Å². The van der Waals surface area contributed by atoms with Gasteiger partial charge < -0.3 is 10.2 Å². The van der Waals surface area contributed by atoms with Crippen molar-refractivity contribution in [3.8, 4) is 0 Å². The van der Waals surface area contributed by atoms with E-state index < -0.39 is 5.97 Å². The second-order valence-corrected chi connectivity index (χ2v) is 5.77. The molecule has 3 nitrogen and oxygen atoms in total. The van der Waals surface area contributed by atoms with Crippen LogP contribution in [0.4, 0.5) is 0 Å². The van der Waals surface area contributed by atoms with E-state index in [0.29, 0.717) is 5.76 Å². The molecule has 0 heterocycles. The zero-order valence-corrected chi connectivity index (χ0v) is 15.3. The van der Waals surface area contributed by atoms with Crippen molar-refractivity contribution in [2.45, 2.75) is 58.3 Å². The molecule has 25 heavy (non-hydrogen) atoms. The van der Waals surface area contributed by atoms with Gasteiger partial charge in [0.15, 0.2) is 0 Å². The summed E-state index contributed by atoms with van der Waals surface area (Å²) in [4.78, 5) is 10.2. The second-order valence-electron chi connectivity index (χ2n) is 5.77. The molecule has 0 aromatic carbocycles. The van der Waals surface area contributed by atoms with Crippen LogP contribution in [0.15, 0.2) is 72.6 Å². The van der Waals surface area contributed by atoms with E-state index in [9.17, 15) is 9.90 Å². The van der Waals surface area contributed by atoms with Crippen LogP contribution in [0.5, 0.6) is 0 Å². The molecule has 0 aliphatic carbocycles. The maximum atomic E-state index is 10.2. The predicted molar refractivity (Wildman–Crippen MR) is 107 cm³/mol. The smallest absolute Gasteiger partial charge is 0.328 e. The van der Waals surface area contributed by atoms with Crippen molar-refractivity contribution in [3.63, 3.8) is 0 Å². The maximum absolute atomic E-state index is 10.2. The van der Waals surface area contributed by atoms with Crippen molar-refractivity contribution in [2.24, 2.45) is 0 Å². The van der Waals surface area contributed by atoms with E-state index in [1.807, 2.05) is 36.5 Å². The Kier molecular flexibility index (Phi) is 16.4. The Labute approximate surface area is 152 Å². The number of rotatable bonds is 14. The Balaban J connectivity index is 3.78. The summed E-state index contributed by atoms with van der Waals surface area (Å²) < 4.78 is 0. The summed E-state index contributed by atoms with van der Waals surface area (Å²) in [5, 5.41) is 18.2. The average molecular weight is 344 g/mol. The van der Waals surface area contributed by atoms with Gasteiger partial charge in [0, 0.05) is 12.5 Å². The predicted octanol–water partition coefficient (Wildman–Crippen LogP) is 6.43. The van der Waals surface area contributed by atoms with Crippen LogP contribution in [0.1, 0.15) is 58.3 Å². The zero-order valence-electron chi connectivity index (χ0n) is 15.3. The van der Waals surface area contributed by atoms with Gasteiger partial charge in [0.05, 0.1) is 5.76 Å². The van der Waals surface area contributed by atoms with Crippen molar-refractivity contribution in [3.05, 3.63) is 72.6 Å². The molecule has 138 valence electrons. The van der Waals surface area contributed by atoms with Crippen molar-refractivity contribution >= 4 is 5.97 Å². The van der Waals surface area contributed by atoms with E-state index in [2.05, 4.69) is 6.92 Å². The molecule has 0 aliphatic rings. The summed E-state index contributed by atoms with van der Waals surface area (Å²) in [6, 6.07) is 0. The number of carboxylic acid groups (broad SMARTS) is 1. The lowest BCUT2D eigenvalue weighted by atomic mass is 10.1. The average Bonchev–Trinajstić information content (AvgIpc) is 2.58. The molecule has 0 aromatic rings. The highest BCUT2D eigenvalue weighted by Gasteiger charge is 1.93. The third-order valence-electron chi connectivity index (χ3n) is 3.45. The van der Waals surface area contributed by atoms with Gasteiger partial charge in [-0.2, -0.15) is 0 Å². The van der Waals surface area contributed by atoms with Crippen LogP contribution >= 0.6 is 0 Å². The van der Waals surface area contributed by atoms with E-state index in [4.69, 9.17) is 5.11 Å². The summed E-state index contributed by atoms with van der Waals surface area (Å²) >= 11 is 0. The van der Waals surface area contributed by atoms with Gasteiger partial charge in [-0.3, -0.25) is 0 Å². The molecular weight excluding hydrogens is 312 g/mol. The highest BCUT2D eigenvalue weighted by atomic mass is 16.4. The minimum atomic E-state index is -0.957. The van der Waals surface area contributed by atoms with Crippen LogP contribution in [-0.2, 0) is 4.79 Å². The minimum absolute atomic E-state index is 0.432. The van der Waals surface area contributed by atoms with Crippen molar-refractivity contribution < 1.29 is 15.0 Å². The Morgan fingerprint density at radius 1 is 0.680 bits per heavy atom. The lowest BCUT2D eigenvalue weighted by Gasteiger charge is -2.00. The van der Waals surface area contributed by atoms with Crippen molar-refractivity contribution in [1.29, 1.82) is 0 Å².